The number of anilines is 2. The first-order valence-electron chi connectivity index (χ1n) is 8.36. The molecule has 0 saturated carbocycles. The van der Waals surface area contributed by atoms with Gasteiger partial charge in [-0.2, -0.15) is 0 Å². The highest BCUT2D eigenvalue weighted by Crippen LogP contribution is 2.40. The largest absolute Gasteiger partial charge is 0.310 e. The average molecular weight is 391 g/mol. The molecule has 138 valence electrons. The summed E-state index contributed by atoms with van der Waals surface area (Å²) < 4.78 is 28.3. The van der Waals surface area contributed by atoms with E-state index in [1.54, 1.807) is 40.9 Å². The number of rotatable bonds is 3. The van der Waals surface area contributed by atoms with Gasteiger partial charge in [-0.25, -0.2) is 8.42 Å². The fraction of sp³-hybridized carbons (Fsp3) is 0.316. The molecule has 0 fully saturated rings. The standard InChI is InChI=1S/C19H22N2O3S2/c1-12-5-7-17(13(2)9-12)20-26(23,24)16-6-8-19-18(10-16)21(15(4)22)11-14(3)25-19/h5-10,14,20H,11H2,1-4H3/t14-/m1/s1. The van der Waals surface area contributed by atoms with Gasteiger partial charge in [0.05, 0.1) is 16.3 Å². The van der Waals surface area contributed by atoms with Crippen LogP contribution < -0.4 is 9.62 Å². The molecule has 1 atom stereocenters. The lowest BCUT2D eigenvalue weighted by Gasteiger charge is -2.32. The monoisotopic (exact) mass is 390 g/mol. The van der Waals surface area contributed by atoms with Gasteiger partial charge in [0, 0.05) is 23.6 Å². The van der Waals surface area contributed by atoms with E-state index < -0.39 is 10.0 Å². The van der Waals surface area contributed by atoms with Crippen molar-refractivity contribution in [2.45, 2.75) is 42.7 Å². The lowest BCUT2D eigenvalue weighted by molar-refractivity contribution is -0.116. The van der Waals surface area contributed by atoms with Crippen LogP contribution in [0, 0.1) is 13.8 Å². The molecule has 1 aliphatic rings. The quantitative estimate of drug-likeness (QED) is 0.862. The third kappa shape index (κ3) is 3.73. The Morgan fingerprint density at radius 2 is 1.92 bits per heavy atom. The summed E-state index contributed by atoms with van der Waals surface area (Å²) in [6, 6.07) is 10.5. The van der Waals surface area contributed by atoms with Crippen LogP contribution in [0.1, 0.15) is 25.0 Å². The van der Waals surface area contributed by atoms with Crippen LogP contribution in [0.3, 0.4) is 0 Å². The van der Waals surface area contributed by atoms with Crippen LogP contribution in [0.4, 0.5) is 11.4 Å². The van der Waals surface area contributed by atoms with Crippen LogP contribution in [0.25, 0.3) is 0 Å². The number of nitrogens with one attached hydrogen (secondary N) is 1. The zero-order valence-electron chi connectivity index (χ0n) is 15.2. The zero-order chi connectivity index (χ0) is 19.1. The Kier molecular flexibility index (Phi) is 5.03. The van der Waals surface area contributed by atoms with Crippen LogP contribution in [0.5, 0.6) is 0 Å². The molecule has 3 rings (SSSR count). The van der Waals surface area contributed by atoms with Crippen LogP contribution in [-0.4, -0.2) is 26.1 Å². The molecule has 0 bridgehead atoms. The maximum atomic E-state index is 12.8. The minimum Gasteiger partial charge on any atom is -0.310 e. The number of fused-ring (bicyclic) bond motifs is 1. The molecule has 0 aromatic heterocycles. The van der Waals surface area contributed by atoms with Crippen molar-refractivity contribution in [3.63, 3.8) is 0 Å². The molecule has 0 spiro atoms. The van der Waals surface area contributed by atoms with Gasteiger partial charge in [-0.15, -0.1) is 11.8 Å². The molecule has 0 saturated heterocycles. The van der Waals surface area contributed by atoms with Crippen molar-refractivity contribution >= 4 is 39.1 Å². The van der Waals surface area contributed by atoms with Crippen molar-refractivity contribution in [2.75, 3.05) is 16.2 Å². The Labute approximate surface area is 158 Å². The van der Waals surface area contributed by atoms with E-state index in [1.807, 2.05) is 26.0 Å². The smallest absolute Gasteiger partial charge is 0.261 e. The number of amides is 1. The minimum absolute atomic E-state index is 0.0877. The van der Waals surface area contributed by atoms with E-state index in [1.165, 1.54) is 6.92 Å². The summed E-state index contributed by atoms with van der Waals surface area (Å²) in [4.78, 5) is 14.7. The number of nitrogens with zero attached hydrogens (tertiary/aromatic N) is 1. The molecule has 2 aromatic rings. The van der Waals surface area contributed by atoms with Crippen molar-refractivity contribution < 1.29 is 13.2 Å². The normalized spacial score (nSPS) is 16.9. The van der Waals surface area contributed by atoms with Crippen LogP contribution in [0.15, 0.2) is 46.2 Å². The summed E-state index contributed by atoms with van der Waals surface area (Å²) in [7, 11) is -3.74. The van der Waals surface area contributed by atoms with Crippen molar-refractivity contribution in [1.82, 2.24) is 0 Å². The van der Waals surface area contributed by atoms with Gasteiger partial charge >= 0.3 is 0 Å². The molecular formula is C19H22N2O3S2. The Morgan fingerprint density at radius 1 is 1.19 bits per heavy atom. The Morgan fingerprint density at radius 3 is 2.58 bits per heavy atom. The summed E-state index contributed by atoms with van der Waals surface area (Å²) >= 11 is 1.65. The van der Waals surface area contributed by atoms with Crippen molar-refractivity contribution in [2.24, 2.45) is 0 Å². The van der Waals surface area contributed by atoms with Gasteiger partial charge < -0.3 is 4.90 Å². The Hall–Kier alpha value is -1.99. The summed E-state index contributed by atoms with van der Waals surface area (Å²) in [5.74, 6) is -0.0877. The van der Waals surface area contributed by atoms with Crippen molar-refractivity contribution in [3.05, 3.63) is 47.5 Å². The van der Waals surface area contributed by atoms with E-state index in [2.05, 4.69) is 11.6 Å². The number of benzene rings is 2. The van der Waals surface area contributed by atoms with Gasteiger partial charge in [0.2, 0.25) is 5.91 Å². The number of hydrogen-bond donors (Lipinski definition) is 1. The first kappa shape index (κ1) is 18.8. The summed E-state index contributed by atoms with van der Waals surface area (Å²) in [6.07, 6.45) is 0. The van der Waals surface area contributed by atoms with Gasteiger partial charge in [0.1, 0.15) is 0 Å². The molecule has 5 nitrogen and oxygen atoms in total. The highest BCUT2D eigenvalue weighted by atomic mass is 32.2. The molecule has 0 unspecified atom stereocenters. The SMILES string of the molecule is CC(=O)N1C[C@@H](C)Sc2ccc(S(=O)(=O)Nc3ccc(C)cc3C)cc21. The van der Waals surface area contributed by atoms with Crippen molar-refractivity contribution in [3.8, 4) is 0 Å². The van der Waals surface area contributed by atoms with E-state index in [0.29, 0.717) is 17.9 Å². The highest BCUT2D eigenvalue weighted by molar-refractivity contribution is 8.00. The van der Waals surface area contributed by atoms with Crippen molar-refractivity contribution in [1.29, 1.82) is 0 Å². The Balaban J connectivity index is 1.98. The molecule has 26 heavy (non-hydrogen) atoms. The maximum Gasteiger partial charge on any atom is 0.261 e. The lowest BCUT2D eigenvalue weighted by atomic mass is 10.1. The van der Waals surface area contributed by atoms with Crippen LogP contribution >= 0.6 is 11.8 Å². The molecule has 7 heteroatoms. The van der Waals surface area contributed by atoms with Crippen LogP contribution in [-0.2, 0) is 14.8 Å². The number of carbonyl (C=O) groups is 1. The lowest BCUT2D eigenvalue weighted by Crippen LogP contribution is -2.37. The molecule has 0 aliphatic carbocycles. The molecular weight excluding hydrogens is 368 g/mol. The zero-order valence-corrected chi connectivity index (χ0v) is 16.9. The third-order valence-electron chi connectivity index (χ3n) is 4.31. The van der Waals surface area contributed by atoms with E-state index in [-0.39, 0.29) is 16.1 Å². The summed E-state index contributed by atoms with van der Waals surface area (Å²) in [5.41, 5.74) is 3.15. The molecule has 1 N–H and O–H groups in total. The second kappa shape index (κ2) is 6.96. The van der Waals surface area contributed by atoms with E-state index in [4.69, 9.17) is 0 Å². The molecule has 1 aliphatic heterocycles. The number of hydrogen-bond acceptors (Lipinski definition) is 4. The second-order valence-corrected chi connectivity index (χ2v) is 9.77. The van der Waals surface area contributed by atoms with Gasteiger partial charge in [-0.1, -0.05) is 24.6 Å². The predicted octanol–water partition coefficient (Wildman–Crippen LogP) is 3.95. The fourth-order valence-corrected chi connectivity index (χ4v) is 5.26. The third-order valence-corrected chi connectivity index (χ3v) is 6.82. The van der Waals surface area contributed by atoms with Gasteiger partial charge in [0.15, 0.2) is 0 Å². The highest BCUT2D eigenvalue weighted by Gasteiger charge is 2.27. The predicted molar refractivity (Wildman–Crippen MR) is 107 cm³/mol. The molecule has 2 aromatic carbocycles. The Bertz CT molecular complexity index is 971. The molecule has 1 heterocycles. The van der Waals surface area contributed by atoms with E-state index >= 15 is 0 Å². The van der Waals surface area contributed by atoms with E-state index in [0.717, 1.165) is 16.0 Å². The van der Waals surface area contributed by atoms with Gasteiger partial charge in [-0.05, 0) is 43.7 Å². The summed E-state index contributed by atoms with van der Waals surface area (Å²) in [5, 5.41) is 0.266. The number of aryl methyl sites for hydroxylation is 2. The number of carbonyl (C=O) groups excluding carboxylic acids is 1. The first-order valence-corrected chi connectivity index (χ1v) is 10.7. The molecule has 0 radical (unpaired) electrons. The van der Waals surface area contributed by atoms with Gasteiger partial charge in [-0.3, -0.25) is 9.52 Å². The first-order chi connectivity index (χ1) is 12.2. The topological polar surface area (TPSA) is 66.5 Å². The summed E-state index contributed by atoms with van der Waals surface area (Å²) in [6.45, 7) is 7.95. The van der Waals surface area contributed by atoms with Gasteiger partial charge in [0.25, 0.3) is 10.0 Å². The second-order valence-electron chi connectivity index (χ2n) is 6.61. The van der Waals surface area contributed by atoms with Crippen LogP contribution in [0.2, 0.25) is 0 Å². The van der Waals surface area contributed by atoms with E-state index in [9.17, 15) is 13.2 Å². The number of sulfonamides is 1. The number of thioether (sulfide) groups is 1. The molecule has 1 amide bonds. The fourth-order valence-electron chi connectivity index (χ4n) is 3.01. The maximum absolute atomic E-state index is 12.8. The minimum atomic E-state index is -3.74. The average Bonchev–Trinajstić information content (AvgIpc) is 2.56.